The molecule has 8 nitrogen and oxygen atoms in total. The van der Waals surface area contributed by atoms with Crippen LogP contribution in [0.4, 0.5) is 10.1 Å². The number of sulfonamides is 1. The molecule has 0 aliphatic rings. The minimum Gasteiger partial charge on any atom is -0.497 e. The molecule has 0 spiro atoms. The molecule has 0 aliphatic heterocycles. The summed E-state index contributed by atoms with van der Waals surface area (Å²) >= 11 is 0. The molecule has 0 aliphatic carbocycles. The topological polar surface area (TPSA) is 96.0 Å². The van der Waals surface area contributed by atoms with Crippen molar-refractivity contribution in [3.63, 3.8) is 0 Å². The maximum Gasteiger partial charge on any atom is 0.264 e. The van der Waals surface area contributed by atoms with Crippen molar-refractivity contribution in [2.75, 3.05) is 18.0 Å². The molecule has 0 saturated heterocycles. The zero-order chi connectivity index (χ0) is 29.3. The minimum absolute atomic E-state index is 0.0182. The Morgan fingerprint density at radius 1 is 0.925 bits per heavy atom. The molecule has 10 heteroatoms. The van der Waals surface area contributed by atoms with Gasteiger partial charge in [-0.1, -0.05) is 44.2 Å². The third kappa shape index (κ3) is 7.59. The van der Waals surface area contributed by atoms with Gasteiger partial charge in [-0.25, -0.2) is 12.8 Å². The van der Waals surface area contributed by atoms with Crippen LogP contribution >= 0.6 is 0 Å². The highest BCUT2D eigenvalue weighted by Crippen LogP contribution is 2.25. The van der Waals surface area contributed by atoms with Crippen molar-refractivity contribution in [3.8, 4) is 5.75 Å². The van der Waals surface area contributed by atoms with Crippen LogP contribution < -0.4 is 14.4 Å². The third-order valence-electron chi connectivity index (χ3n) is 6.62. The summed E-state index contributed by atoms with van der Waals surface area (Å²) in [6, 6.07) is 18.7. The Morgan fingerprint density at radius 2 is 1.55 bits per heavy atom. The smallest absolute Gasteiger partial charge is 0.264 e. The van der Waals surface area contributed by atoms with E-state index in [0.717, 1.165) is 22.0 Å². The van der Waals surface area contributed by atoms with Gasteiger partial charge in [-0.15, -0.1) is 0 Å². The molecule has 40 heavy (non-hydrogen) atoms. The van der Waals surface area contributed by atoms with Gasteiger partial charge >= 0.3 is 0 Å². The fourth-order valence-electron chi connectivity index (χ4n) is 4.14. The summed E-state index contributed by atoms with van der Waals surface area (Å²) in [6.45, 7) is 5.10. The van der Waals surface area contributed by atoms with Gasteiger partial charge in [-0.05, 0) is 73.9 Å². The summed E-state index contributed by atoms with van der Waals surface area (Å²) in [5.74, 6) is -0.801. The monoisotopic (exact) mass is 569 g/mol. The maximum atomic E-state index is 14.0. The molecule has 0 saturated carbocycles. The van der Waals surface area contributed by atoms with Gasteiger partial charge in [0.25, 0.3) is 10.0 Å². The van der Waals surface area contributed by atoms with Crippen LogP contribution in [0.25, 0.3) is 0 Å². The number of halogens is 1. The Kier molecular flexibility index (Phi) is 10.7. The van der Waals surface area contributed by atoms with Gasteiger partial charge < -0.3 is 15.0 Å². The summed E-state index contributed by atoms with van der Waals surface area (Å²) < 4.78 is 47.4. The Bertz CT molecular complexity index is 1370. The summed E-state index contributed by atoms with van der Waals surface area (Å²) in [5, 5.41) is 2.94. The molecular formula is C30H36FN3O5S. The minimum atomic E-state index is -4.21. The highest BCUT2D eigenvalue weighted by Gasteiger charge is 2.34. The average molecular weight is 570 g/mol. The Labute approximate surface area is 235 Å². The first-order chi connectivity index (χ1) is 19.1. The van der Waals surface area contributed by atoms with Crippen LogP contribution in [-0.4, -0.2) is 50.9 Å². The molecule has 3 rings (SSSR count). The highest BCUT2D eigenvalue weighted by atomic mass is 32.2. The van der Waals surface area contributed by atoms with Gasteiger partial charge in [0.1, 0.15) is 24.2 Å². The number of carbonyl (C=O) groups is 2. The van der Waals surface area contributed by atoms with Gasteiger partial charge in [-0.2, -0.15) is 0 Å². The Hall–Kier alpha value is -3.92. The lowest BCUT2D eigenvalue weighted by Crippen LogP contribution is -2.53. The van der Waals surface area contributed by atoms with E-state index in [2.05, 4.69) is 5.32 Å². The number of ether oxygens (including phenoxy) is 1. The molecule has 3 aromatic rings. The molecule has 1 N–H and O–H groups in total. The average Bonchev–Trinajstić information content (AvgIpc) is 2.96. The quantitative estimate of drug-likeness (QED) is 0.321. The summed E-state index contributed by atoms with van der Waals surface area (Å²) in [4.78, 5) is 28.7. The number of carbonyl (C=O) groups excluding carboxylic acids is 2. The molecule has 2 atom stereocenters. The maximum absolute atomic E-state index is 14.0. The van der Waals surface area contributed by atoms with Crippen LogP contribution in [0.2, 0.25) is 0 Å². The molecule has 214 valence electrons. The van der Waals surface area contributed by atoms with E-state index in [1.807, 2.05) is 13.8 Å². The second-order valence-electron chi connectivity index (χ2n) is 9.41. The van der Waals surface area contributed by atoms with E-state index in [9.17, 15) is 22.4 Å². The zero-order valence-electron chi connectivity index (χ0n) is 23.2. The lowest BCUT2D eigenvalue weighted by molar-refractivity contribution is -0.140. The largest absolute Gasteiger partial charge is 0.497 e. The third-order valence-corrected chi connectivity index (χ3v) is 8.41. The second kappa shape index (κ2) is 13.9. The normalized spacial score (nSPS) is 12.7. The van der Waals surface area contributed by atoms with Crippen LogP contribution in [0.5, 0.6) is 5.75 Å². The van der Waals surface area contributed by atoms with Crippen molar-refractivity contribution in [3.05, 3.63) is 90.2 Å². The van der Waals surface area contributed by atoms with E-state index in [1.54, 1.807) is 56.5 Å². The van der Waals surface area contributed by atoms with Crippen molar-refractivity contribution in [1.29, 1.82) is 0 Å². The zero-order valence-corrected chi connectivity index (χ0v) is 24.0. The van der Waals surface area contributed by atoms with Gasteiger partial charge in [0, 0.05) is 12.6 Å². The molecular weight excluding hydrogens is 533 g/mol. The predicted molar refractivity (Wildman–Crippen MR) is 153 cm³/mol. The molecule has 0 fully saturated rings. The molecule has 0 radical (unpaired) electrons. The first-order valence-electron chi connectivity index (χ1n) is 13.2. The molecule has 3 aromatic carbocycles. The number of anilines is 1. The van der Waals surface area contributed by atoms with Crippen molar-refractivity contribution in [2.45, 2.75) is 57.1 Å². The standard InChI is InChI=1S/C30H36FN3O5S/c1-5-22(3)32-30(36)28(6-2)33(20-23-12-18-26(39-4)19-13-23)29(35)21-34(25-16-14-24(31)15-17-25)40(37,38)27-10-8-7-9-11-27/h7-19,22,28H,5-6,20-21H2,1-4H3,(H,32,36)/t22-,28+/m1/s1. The Morgan fingerprint density at radius 3 is 2.10 bits per heavy atom. The van der Waals surface area contributed by atoms with Gasteiger partial charge in [-0.3, -0.25) is 13.9 Å². The van der Waals surface area contributed by atoms with Gasteiger partial charge in [0.05, 0.1) is 17.7 Å². The number of hydrogen-bond acceptors (Lipinski definition) is 5. The number of methoxy groups -OCH3 is 1. The van der Waals surface area contributed by atoms with Crippen LogP contribution in [0.3, 0.4) is 0 Å². The molecule has 0 heterocycles. The van der Waals surface area contributed by atoms with Crippen molar-refractivity contribution < 1.29 is 27.1 Å². The number of benzene rings is 3. The van der Waals surface area contributed by atoms with E-state index in [-0.39, 0.29) is 29.1 Å². The first-order valence-corrected chi connectivity index (χ1v) is 14.6. The van der Waals surface area contributed by atoms with Crippen LogP contribution in [0.15, 0.2) is 83.8 Å². The lowest BCUT2D eigenvalue weighted by atomic mass is 10.1. The van der Waals surface area contributed by atoms with E-state index in [0.29, 0.717) is 18.6 Å². The summed E-state index contributed by atoms with van der Waals surface area (Å²) in [6.07, 6.45) is 1.02. The molecule has 0 unspecified atom stereocenters. The molecule has 0 bridgehead atoms. The van der Waals surface area contributed by atoms with Crippen molar-refractivity contribution >= 4 is 27.5 Å². The van der Waals surface area contributed by atoms with Crippen LogP contribution in [0, 0.1) is 5.82 Å². The lowest BCUT2D eigenvalue weighted by Gasteiger charge is -2.33. The second-order valence-corrected chi connectivity index (χ2v) is 11.3. The number of amides is 2. The van der Waals surface area contributed by atoms with E-state index < -0.39 is 34.3 Å². The SMILES string of the molecule is CC[C@@H](C)NC(=O)[C@H](CC)N(Cc1ccc(OC)cc1)C(=O)CN(c1ccc(F)cc1)S(=O)(=O)c1ccccc1. The van der Waals surface area contributed by atoms with E-state index in [1.165, 1.54) is 29.2 Å². The first kappa shape index (κ1) is 30.6. The highest BCUT2D eigenvalue weighted by molar-refractivity contribution is 7.92. The summed E-state index contributed by atoms with van der Waals surface area (Å²) in [5.41, 5.74) is 0.864. The van der Waals surface area contributed by atoms with Crippen LogP contribution in [-0.2, 0) is 26.2 Å². The number of hydrogen-bond donors (Lipinski definition) is 1. The van der Waals surface area contributed by atoms with E-state index >= 15 is 0 Å². The molecule has 2 amide bonds. The van der Waals surface area contributed by atoms with Crippen LogP contribution in [0.1, 0.15) is 39.2 Å². The van der Waals surface area contributed by atoms with E-state index in [4.69, 9.17) is 4.74 Å². The van der Waals surface area contributed by atoms with Crippen molar-refractivity contribution in [2.24, 2.45) is 0 Å². The Balaban J connectivity index is 2.03. The fourth-order valence-corrected chi connectivity index (χ4v) is 5.58. The molecule has 0 aromatic heterocycles. The van der Waals surface area contributed by atoms with Crippen molar-refractivity contribution in [1.82, 2.24) is 10.2 Å². The van der Waals surface area contributed by atoms with Gasteiger partial charge in [0.2, 0.25) is 11.8 Å². The fraction of sp³-hybridized carbons (Fsp3) is 0.333. The summed E-state index contributed by atoms with van der Waals surface area (Å²) in [7, 11) is -2.66. The van der Waals surface area contributed by atoms with Gasteiger partial charge in [0.15, 0.2) is 0 Å². The predicted octanol–water partition coefficient (Wildman–Crippen LogP) is 4.75. The number of nitrogens with zero attached hydrogens (tertiary/aromatic N) is 2. The number of rotatable bonds is 13. The number of nitrogens with one attached hydrogen (secondary N) is 1.